The molecular formula is C20H29ClN4O5. The molecule has 30 heavy (non-hydrogen) atoms. The Morgan fingerprint density at radius 2 is 2.03 bits per heavy atom. The van der Waals surface area contributed by atoms with Gasteiger partial charge >= 0.3 is 0 Å². The fourth-order valence-corrected chi connectivity index (χ4v) is 3.42. The molecule has 2 rings (SSSR count). The molecule has 1 heterocycles. The molecule has 0 bridgehead atoms. The highest BCUT2D eigenvalue weighted by Gasteiger charge is 2.26. The van der Waals surface area contributed by atoms with E-state index >= 15 is 0 Å². The maximum atomic E-state index is 12.3. The van der Waals surface area contributed by atoms with Gasteiger partial charge in [0.05, 0.1) is 17.6 Å². The smallest absolute Gasteiger partial charge is 0.294 e. The SMILES string of the molecule is CC(C)OCCCNC(=O)C1CCN(CC(=O)Nc2ccc(Cl)cc2[N+](=O)[O-])CC1. The lowest BCUT2D eigenvalue weighted by atomic mass is 9.96. The monoisotopic (exact) mass is 440 g/mol. The first-order valence-corrected chi connectivity index (χ1v) is 10.5. The van der Waals surface area contributed by atoms with Crippen molar-refractivity contribution in [2.24, 2.45) is 5.92 Å². The van der Waals surface area contributed by atoms with Crippen molar-refractivity contribution in [3.8, 4) is 0 Å². The third kappa shape index (κ3) is 7.89. The zero-order chi connectivity index (χ0) is 22.1. The van der Waals surface area contributed by atoms with Gasteiger partial charge in [-0.15, -0.1) is 0 Å². The molecule has 0 aliphatic carbocycles. The van der Waals surface area contributed by atoms with E-state index in [1.54, 1.807) is 0 Å². The second-order valence-electron chi connectivity index (χ2n) is 7.58. The summed E-state index contributed by atoms with van der Waals surface area (Å²) in [7, 11) is 0. The zero-order valence-corrected chi connectivity index (χ0v) is 18.1. The fraction of sp³-hybridized carbons (Fsp3) is 0.600. The molecule has 0 spiro atoms. The molecule has 10 heteroatoms. The molecule has 9 nitrogen and oxygen atoms in total. The molecule has 0 aromatic heterocycles. The molecule has 0 radical (unpaired) electrons. The van der Waals surface area contributed by atoms with E-state index < -0.39 is 4.92 Å². The van der Waals surface area contributed by atoms with Crippen LogP contribution in [0.1, 0.15) is 33.1 Å². The van der Waals surface area contributed by atoms with Crippen LogP contribution in [0.15, 0.2) is 18.2 Å². The van der Waals surface area contributed by atoms with Gasteiger partial charge in [-0.2, -0.15) is 0 Å². The summed E-state index contributed by atoms with van der Waals surface area (Å²) in [5.41, 5.74) is -0.130. The Bertz CT molecular complexity index is 751. The Balaban J connectivity index is 1.72. The van der Waals surface area contributed by atoms with Crippen LogP contribution in [0.25, 0.3) is 0 Å². The van der Waals surface area contributed by atoms with Crippen molar-refractivity contribution in [2.75, 3.05) is 38.1 Å². The molecule has 2 amide bonds. The van der Waals surface area contributed by atoms with E-state index in [4.69, 9.17) is 16.3 Å². The number of amides is 2. The Morgan fingerprint density at radius 3 is 2.67 bits per heavy atom. The minimum Gasteiger partial charge on any atom is -0.379 e. The lowest BCUT2D eigenvalue weighted by Gasteiger charge is -2.30. The van der Waals surface area contributed by atoms with Crippen LogP contribution in [0.2, 0.25) is 5.02 Å². The number of nitro groups is 1. The van der Waals surface area contributed by atoms with E-state index in [0.717, 1.165) is 6.42 Å². The topological polar surface area (TPSA) is 114 Å². The minimum atomic E-state index is -0.583. The van der Waals surface area contributed by atoms with Crippen LogP contribution in [0.5, 0.6) is 0 Å². The number of anilines is 1. The number of carbonyl (C=O) groups is 2. The average molecular weight is 441 g/mol. The Hall–Kier alpha value is -2.23. The van der Waals surface area contributed by atoms with Gasteiger partial charge in [0.25, 0.3) is 5.69 Å². The molecule has 1 aromatic rings. The summed E-state index contributed by atoms with van der Waals surface area (Å²) < 4.78 is 5.45. The molecule has 0 saturated carbocycles. The van der Waals surface area contributed by atoms with E-state index in [9.17, 15) is 19.7 Å². The predicted octanol–water partition coefficient (Wildman–Crippen LogP) is 2.83. The summed E-state index contributed by atoms with van der Waals surface area (Å²) >= 11 is 5.79. The van der Waals surface area contributed by atoms with Crippen molar-refractivity contribution in [3.63, 3.8) is 0 Å². The van der Waals surface area contributed by atoms with Gasteiger partial charge in [0, 0.05) is 30.2 Å². The maximum absolute atomic E-state index is 12.3. The zero-order valence-electron chi connectivity index (χ0n) is 17.4. The number of halogens is 1. The van der Waals surface area contributed by atoms with E-state index in [2.05, 4.69) is 10.6 Å². The van der Waals surface area contributed by atoms with Crippen molar-refractivity contribution in [3.05, 3.63) is 33.3 Å². The standard InChI is InChI=1S/C20H29ClN4O5/c1-14(2)30-11-3-8-22-20(27)15-6-9-24(10-7-15)13-19(26)23-17-5-4-16(21)12-18(17)25(28)29/h4-5,12,14-15H,3,6-11,13H2,1-2H3,(H,22,27)(H,23,26). The predicted molar refractivity (Wildman–Crippen MR) is 115 cm³/mol. The highest BCUT2D eigenvalue weighted by atomic mass is 35.5. The van der Waals surface area contributed by atoms with E-state index in [-0.39, 0.29) is 46.8 Å². The van der Waals surface area contributed by atoms with Crippen molar-refractivity contribution in [1.29, 1.82) is 0 Å². The molecule has 1 aliphatic rings. The maximum Gasteiger partial charge on any atom is 0.294 e. The van der Waals surface area contributed by atoms with Gasteiger partial charge in [0.2, 0.25) is 11.8 Å². The Labute approximate surface area is 181 Å². The highest BCUT2D eigenvalue weighted by molar-refractivity contribution is 6.31. The van der Waals surface area contributed by atoms with Crippen LogP contribution in [-0.4, -0.2) is 60.5 Å². The van der Waals surface area contributed by atoms with Crippen LogP contribution in [0, 0.1) is 16.0 Å². The second-order valence-corrected chi connectivity index (χ2v) is 8.02. The first kappa shape index (κ1) is 24.0. The number of hydrogen-bond donors (Lipinski definition) is 2. The first-order valence-electron chi connectivity index (χ1n) is 10.1. The third-order valence-electron chi connectivity index (χ3n) is 4.83. The van der Waals surface area contributed by atoms with Crippen LogP contribution in [0.3, 0.4) is 0 Å². The summed E-state index contributed by atoms with van der Waals surface area (Å²) in [4.78, 5) is 37.1. The van der Waals surface area contributed by atoms with E-state index in [1.807, 2.05) is 18.7 Å². The normalized spacial score (nSPS) is 15.2. The highest BCUT2D eigenvalue weighted by Crippen LogP contribution is 2.27. The molecule has 166 valence electrons. The minimum absolute atomic E-state index is 0.0421. The number of nitrogens with one attached hydrogen (secondary N) is 2. The van der Waals surface area contributed by atoms with E-state index in [1.165, 1.54) is 18.2 Å². The van der Waals surface area contributed by atoms with Crippen molar-refractivity contribution in [1.82, 2.24) is 10.2 Å². The Morgan fingerprint density at radius 1 is 1.33 bits per heavy atom. The summed E-state index contributed by atoms with van der Waals surface area (Å²) in [5.74, 6) is -0.360. The molecule has 1 aromatic carbocycles. The number of piperidine rings is 1. The number of nitrogens with zero attached hydrogens (tertiary/aromatic N) is 2. The third-order valence-corrected chi connectivity index (χ3v) is 5.06. The summed E-state index contributed by atoms with van der Waals surface area (Å²) in [6.07, 6.45) is 2.30. The Kier molecular flexibility index (Phi) is 9.48. The molecule has 2 N–H and O–H groups in total. The number of rotatable bonds is 10. The molecular weight excluding hydrogens is 412 g/mol. The van der Waals surface area contributed by atoms with Crippen molar-refractivity contribution >= 4 is 34.8 Å². The van der Waals surface area contributed by atoms with Crippen LogP contribution in [0.4, 0.5) is 11.4 Å². The van der Waals surface area contributed by atoms with Crippen molar-refractivity contribution < 1.29 is 19.2 Å². The van der Waals surface area contributed by atoms with Gasteiger partial charge in [-0.1, -0.05) is 11.6 Å². The van der Waals surface area contributed by atoms with Gasteiger partial charge in [-0.25, -0.2) is 0 Å². The summed E-state index contributed by atoms with van der Waals surface area (Å²) in [6, 6.07) is 4.11. The van der Waals surface area contributed by atoms with Crippen molar-refractivity contribution in [2.45, 2.75) is 39.2 Å². The fourth-order valence-electron chi connectivity index (χ4n) is 3.25. The molecule has 1 saturated heterocycles. The molecule has 1 fully saturated rings. The number of nitro benzene ring substituents is 1. The number of hydrogen-bond acceptors (Lipinski definition) is 6. The van der Waals surface area contributed by atoms with E-state index in [0.29, 0.717) is 39.1 Å². The van der Waals surface area contributed by atoms with Gasteiger partial charge in [-0.3, -0.25) is 24.6 Å². The van der Waals surface area contributed by atoms with Crippen LogP contribution < -0.4 is 10.6 Å². The lowest BCUT2D eigenvalue weighted by Crippen LogP contribution is -2.43. The first-order chi connectivity index (χ1) is 14.3. The number of carbonyl (C=O) groups excluding carboxylic acids is 2. The van der Waals surface area contributed by atoms with Gasteiger partial charge in [0.1, 0.15) is 5.69 Å². The molecule has 1 aliphatic heterocycles. The summed E-state index contributed by atoms with van der Waals surface area (Å²) in [6.45, 7) is 6.51. The van der Waals surface area contributed by atoms with Gasteiger partial charge < -0.3 is 15.4 Å². The average Bonchev–Trinajstić information content (AvgIpc) is 2.69. The summed E-state index contributed by atoms with van der Waals surface area (Å²) in [5, 5.41) is 16.9. The van der Waals surface area contributed by atoms with Gasteiger partial charge in [-0.05, 0) is 58.3 Å². The number of benzene rings is 1. The van der Waals surface area contributed by atoms with Gasteiger partial charge in [0.15, 0.2) is 0 Å². The molecule has 0 unspecified atom stereocenters. The van der Waals surface area contributed by atoms with Crippen LogP contribution >= 0.6 is 11.6 Å². The number of ether oxygens (including phenoxy) is 1. The number of likely N-dealkylation sites (tertiary alicyclic amines) is 1. The molecule has 0 atom stereocenters. The quantitative estimate of drug-likeness (QED) is 0.328. The lowest BCUT2D eigenvalue weighted by molar-refractivity contribution is -0.383. The second kappa shape index (κ2) is 11.8. The van der Waals surface area contributed by atoms with Crippen LogP contribution in [-0.2, 0) is 14.3 Å². The largest absolute Gasteiger partial charge is 0.379 e.